The third-order valence-electron chi connectivity index (χ3n) is 3.80. The van der Waals surface area contributed by atoms with Gasteiger partial charge in [0.25, 0.3) is 0 Å². The van der Waals surface area contributed by atoms with Crippen LogP contribution in [0.1, 0.15) is 30.3 Å². The van der Waals surface area contributed by atoms with Gasteiger partial charge in [0.1, 0.15) is 16.6 Å². The van der Waals surface area contributed by atoms with E-state index in [1.54, 1.807) is 35.2 Å². The van der Waals surface area contributed by atoms with Crippen LogP contribution in [0.4, 0.5) is 4.39 Å². The molecule has 3 aromatic rings. The topological polar surface area (TPSA) is 43.6 Å². The van der Waals surface area contributed by atoms with Crippen LogP contribution in [0.2, 0.25) is 0 Å². The highest BCUT2D eigenvalue weighted by Crippen LogP contribution is 2.39. The fraction of sp³-hybridized carbons (Fsp3) is 0.312. The lowest BCUT2D eigenvalue weighted by atomic mass is 10.2. The molecule has 7 heteroatoms. The van der Waals surface area contributed by atoms with Crippen molar-refractivity contribution in [1.82, 2.24) is 19.7 Å². The quantitative estimate of drug-likeness (QED) is 0.648. The molecule has 2 aromatic heterocycles. The summed E-state index contributed by atoms with van der Waals surface area (Å²) in [4.78, 5) is 4.63. The van der Waals surface area contributed by atoms with Gasteiger partial charge in [-0.05, 0) is 37.1 Å². The van der Waals surface area contributed by atoms with Gasteiger partial charge >= 0.3 is 0 Å². The van der Waals surface area contributed by atoms with Crippen molar-refractivity contribution in [3.05, 3.63) is 47.0 Å². The van der Waals surface area contributed by atoms with E-state index in [1.165, 1.54) is 25.0 Å². The van der Waals surface area contributed by atoms with Crippen LogP contribution >= 0.6 is 23.1 Å². The lowest BCUT2D eigenvalue weighted by Gasteiger charge is -2.01. The first-order valence-electron chi connectivity index (χ1n) is 7.43. The van der Waals surface area contributed by atoms with Gasteiger partial charge in [0, 0.05) is 29.7 Å². The highest BCUT2D eigenvalue weighted by molar-refractivity contribution is 7.98. The number of thioether (sulfide) groups is 1. The molecule has 1 aromatic carbocycles. The third kappa shape index (κ3) is 3.16. The summed E-state index contributed by atoms with van der Waals surface area (Å²) in [5.74, 6) is 2.23. The van der Waals surface area contributed by atoms with E-state index >= 15 is 0 Å². The molecule has 118 valence electrons. The Bertz CT molecular complexity index is 821. The van der Waals surface area contributed by atoms with E-state index < -0.39 is 0 Å². The van der Waals surface area contributed by atoms with Gasteiger partial charge in [-0.1, -0.05) is 11.8 Å². The zero-order chi connectivity index (χ0) is 15.8. The number of thiazole rings is 1. The second kappa shape index (κ2) is 6.05. The molecule has 1 aliphatic rings. The Balaban J connectivity index is 1.44. The van der Waals surface area contributed by atoms with E-state index in [-0.39, 0.29) is 5.82 Å². The minimum Gasteiger partial charge on any atom is -0.309 e. The lowest BCUT2D eigenvalue weighted by molar-refractivity contribution is 0.628. The molecule has 0 spiro atoms. The van der Waals surface area contributed by atoms with Crippen molar-refractivity contribution in [2.75, 3.05) is 0 Å². The normalized spacial score (nSPS) is 14.3. The van der Waals surface area contributed by atoms with Crippen molar-refractivity contribution in [2.45, 2.75) is 29.7 Å². The van der Waals surface area contributed by atoms with Gasteiger partial charge in [-0.2, -0.15) is 0 Å². The Morgan fingerprint density at radius 3 is 2.78 bits per heavy atom. The number of nitrogens with zero attached hydrogens (tertiary/aromatic N) is 4. The molecular weight excluding hydrogens is 331 g/mol. The van der Waals surface area contributed by atoms with Crippen LogP contribution in [0.25, 0.3) is 10.6 Å². The van der Waals surface area contributed by atoms with Gasteiger partial charge in [-0.25, -0.2) is 9.37 Å². The highest BCUT2D eigenvalue weighted by atomic mass is 32.2. The average molecular weight is 346 g/mol. The largest absolute Gasteiger partial charge is 0.309 e. The zero-order valence-corrected chi connectivity index (χ0v) is 14.2. The van der Waals surface area contributed by atoms with Crippen molar-refractivity contribution < 1.29 is 4.39 Å². The van der Waals surface area contributed by atoms with E-state index in [4.69, 9.17) is 0 Å². The van der Waals surface area contributed by atoms with E-state index in [0.29, 0.717) is 5.92 Å². The van der Waals surface area contributed by atoms with Crippen molar-refractivity contribution >= 4 is 23.1 Å². The van der Waals surface area contributed by atoms with Gasteiger partial charge in [0.15, 0.2) is 5.16 Å². The summed E-state index contributed by atoms with van der Waals surface area (Å²) in [5.41, 5.74) is 1.96. The minimum absolute atomic E-state index is 0.227. The maximum Gasteiger partial charge on any atom is 0.191 e. The zero-order valence-electron chi connectivity index (χ0n) is 12.6. The van der Waals surface area contributed by atoms with E-state index in [0.717, 1.165) is 33.0 Å². The molecule has 4 nitrogen and oxygen atoms in total. The van der Waals surface area contributed by atoms with Crippen LogP contribution in [-0.4, -0.2) is 19.7 Å². The lowest BCUT2D eigenvalue weighted by Crippen LogP contribution is -1.97. The second-order valence-electron chi connectivity index (χ2n) is 5.61. The van der Waals surface area contributed by atoms with Crippen LogP contribution < -0.4 is 0 Å². The van der Waals surface area contributed by atoms with Gasteiger partial charge in [0.05, 0.1) is 5.69 Å². The summed E-state index contributed by atoms with van der Waals surface area (Å²) < 4.78 is 15.1. The Labute approximate surface area is 141 Å². The molecule has 0 unspecified atom stereocenters. The predicted molar refractivity (Wildman–Crippen MR) is 90.0 cm³/mol. The first kappa shape index (κ1) is 14.8. The maximum absolute atomic E-state index is 13.0. The van der Waals surface area contributed by atoms with Gasteiger partial charge in [0.2, 0.25) is 0 Å². The number of aromatic nitrogens is 4. The van der Waals surface area contributed by atoms with Crippen LogP contribution in [-0.2, 0) is 12.8 Å². The third-order valence-corrected chi connectivity index (χ3v) is 5.80. The summed E-state index contributed by atoms with van der Waals surface area (Å²) in [6.45, 7) is 0. The van der Waals surface area contributed by atoms with Crippen LogP contribution in [0.15, 0.2) is 34.8 Å². The molecular formula is C16H15FN4S2. The number of rotatable bonds is 5. The van der Waals surface area contributed by atoms with E-state index in [1.807, 2.05) is 12.4 Å². The fourth-order valence-corrected chi connectivity index (χ4v) is 4.13. The van der Waals surface area contributed by atoms with Crippen molar-refractivity contribution in [3.63, 3.8) is 0 Å². The molecule has 1 fully saturated rings. The summed E-state index contributed by atoms with van der Waals surface area (Å²) in [6, 6.07) is 6.44. The molecule has 1 aliphatic carbocycles. The molecule has 4 rings (SSSR count). The number of halogens is 1. The Morgan fingerprint density at radius 1 is 1.26 bits per heavy atom. The summed E-state index contributed by atoms with van der Waals surface area (Å²) >= 11 is 3.23. The second-order valence-corrected chi connectivity index (χ2v) is 7.41. The summed E-state index contributed by atoms with van der Waals surface area (Å²) in [7, 11) is 2.03. The smallest absolute Gasteiger partial charge is 0.191 e. The van der Waals surface area contributed by atoms with Crippen molar-refractivity contribution in [1.29, 1.82) is 0 Å². The molecule has 0 radical (unpaired) electrons. The molecule has 0 saturated heterocycles. The Morgan fingerprint density at radius 2 is 2.04 bits per heavy atom. The van der Waals surface area contributed by atoms with Crippen LogP contribution in [0.3, 0.4) is 0 Å². The number of hydrogen-bond donors (Lipinski definition) is 0. The molecule has 1 saturated carbocycles. The molecule has 23 heavy (non-hydrogen) atoms. The molecule has 0 amide bonds. The predicted octanol–water partition coefficient (Wildman–Crippen LogP) is 4.25. The minimum atomic E-state index is -0.227. The van der Waals surface area contributed by atoms with Crippen molar-refractivity contribution in [3.8, 4) is 10.6 Å². The number of benzene rings is 1. The fourth-order valence-electron chi connectivity index (χ4n) is 2.39. The SMILES string of the molecule is Cn1c(SCc2csc(-c3ccc(F)cc3)n2)nnc1C1CC1. The molecule has 0 aliphatic heterocycles. The molecule has 0 atom stereocenters. The van der Waals surface area contributed by atoms with Crippen LogP contribution in [0, 0.1) is 5.82 Å². The van der Waals surface area contributed by atoms with Crippen molar-refractivity contribution in [2.24, 2.45) is 7.05 Å². The van der Waals surface area contributed by atoms with Gasteiger partial charge < -0.3 is 4.57 Å². The van der Waals surface area contributed by atoms with Crippen LogP contribution in [0.5, 0.6) is 0 Å². The first-order valence-corrected chi connectivity index (χ1v) is 9.29. The number of hydrogen-bond acceptors (Lipinski definition) is 5. The first-order chi connectivity index (χ1) is 11.2. The monoisotopic (exact) mass is 346 g/mol. The Kier molecular flexibility index (Phi) is 3.90. The maximum atomic E-state index is 13.0. The van der Waals surface area contributed by atoms with E-state index in [9.17, 15) is 4.39 Å². The Hall–Kier alpha value is -1.73. The summed E-state index contributed by atoms with van der Waals surface area (Å²) in [5, 5.41) is 12.5. The van der Waals surface area contributed by atoms with Gasteiger partial charge in [-0.3, -0.25) is 0 Å². The standard InChI is InChI=1S/C16H15FN4S2/c1-21-14(10-2-3-10)19-20-16(21)23-9-13-8-22-15(18-13)11-4-6-12(17)7-5-11/h4-8,10H,2-3,9H2,1H3. The van der Waals surface area contributed by atoms with Gasteiger partial charge in [-0.15, -0.1) is 21.5 Å². The molecule has 2 heterocycles. The van der Waals surface area contributed by atoms with E-state index in [2.05, 4.69) is 19.7 Å². The molecule has 0 N–H and O–H groups in total. The molecule has 0 bridgehead atoms. The summed E-state index contributed by atoms with van der Waals surface area (Å²) in [6.07, 6.45) is 2.45. The highest BCUT2D eigenvalue weighted by Gasteiger charge is 2.29. The average Bonchev–Trinajstić information content (AvgIpc) is 3.17.